The standard InChI is InChI=1S/C20H30O2/c1-12(2)6-5-7-13(3)16-9-8-15-11-22-17-10-14(4)18(19(15)17)20(16)21/h6,8,10,13,16-21H,5,7,9,11H2,1-4H3/t13-,16+,17-,18-,19-,20-/m1/s1. The molecule has 0 aromatic carbocycles. The molecule has 1 N–H and O–H groups in total. The lowest BCUT2D eigenvalue weighted by atomic mass is 9.75. The Hall–Kier alpha value is -0.860. The Kier molecular flexibility index (Phi) is 4.61. The molecule has 1 saturated heterocycles. The number of aliphatic hydroxyl groups is 1. The van der Waals surface area contributed by atoms with E-state index in [1.807, 2.05) is 0 Å². The molecule has 1 heterocycles. The molecule has 22 heavy (non-hydrogen) atoms. The highest BCUT2D eigenvalue weighted by atomic mass is 16.5. The average molecular weight is 302 g/mol. The molecule has 0 aromatic heterocycles. The lowest BCUT2D eigenvalue weighted by Gasteiger charge is -2.33. The van der Waals surface area contributed by atoms with Gasteiger partial charge in [-0.15, -0.1) is 0 Å². The van der Waals surface area contributed by atoms with Crippen LogP contribution in [0.3, 0.4) is 0 Å². The monoisotopic (exact) mass is 302 g/mol. The van der Waals surface area contributed by atoms with Crippen molar-refractivity contribution in [2.75, 3.05) is 6.61 Å². The zero-order valence-electron chi connectivity index (χ0n) is 14.4. The van der Waals surface area contributed by atoms with Crippen molar-refractivity contribution in [3.05, 3.63) is 34.9 Å². The second kappa shape index (κ2) is 6.33. The van der Waals surface area contributed by atoms with Gasteiger partial charge in [0.05, 0.1) is 18.8 Å². The van der Waals surface area contributed by atoms with Crippen molar-refractivity contribution in [2.45, 2.75) is 59.2 Å². The first kappa shape index (κ1) is 16.0. The second-order valence-electron chi connectivity index (χ2n) is 7.74. The molecular weight excluding hydrogens is 272 g/mol. The Morgan fingerprint density at radius 3 is 2.91 bits per heavy atom. The van der Waals surface area contributed by atoms with Crippen molar-refractivity contribution >= 4 is 0 Å². The molecule has 1 fully saturated rings. The highest BCUT2D eigenvalue weighted by Gasteiger charge is 2.49. The third kappa shape index (κ3) is 2.83. The van der Waals surface area contributed by atoms with Crippen LogP contribution in [0.4, 0.5) is 0 Å². The zero-order chi connectivity index (χ0) is 15.9. The Labute approximate surface area is 134 Å². The summed E-state index contributed by atoms with van der Waals surface area (Å²) in [7, 11) is 0. The molecule has 0 amide bonds. The van der Waals surface area contributed by atoms with E-state index in [4.69, 9.17) is 4.74 Å². The van der Waals surface area contributed by atoms with Crippen molar-refractivity contribution in [3.8, 4) is 0 Å². The minimum atomic E-state index is -0.233. The molecule has 2 nitrogen and oxygen atoms in total. The van der Waals surface area contributed by atoms with Crippen LogP contribution in [0.15, 0.2) is 34.9 Å². The van der Waals surface area contributed by atoms with Crippen LogP contribution in [0, 0.1) is 23.7 Å². The molecule has 0 unspecified atom stereocenters. The van der Waals surface area contributed by atoms with Crippen LogP contribution in [0.1, 0.15) is 47.0 Å². The van der Waals surface area contributed by atoms with Gasteiger partial charge in [-0.2, -0.15) is 0 Å². The van der Waals surface area contributed by atoms with Crippen LogP contribution in [-0.2, 0) is 4.74 Å². The molecule has 0 radical (unpaired) electrons. The first-order valence-electron chi connectivity index (χ1n) is 8.79. The maximum atomic E-state index is 11.1. The predicted octanol–water partition coefficient (Wildman–Crippen LogP) is 4.27. The molecule has 3 aliphatic rings. The molecule has 0 aromatic rings. The van der Waals surface area contributed by atoms with Gasteiger partial charge in [0.25, 0.3) is 0 Å². The van der Waals surface area contributed by atoms with Gasteiger partial charge in [-0.05, 0) is 57.4 Å². The summed E-state index contributed by atoms with van der Waals surface area (Å²) < 4.78 is 5.89. The highest BCUT2D eigenvalue weighted by molar-refractivity contribution is 5.33. The molecule has 3 rings (SSSR count). The van der Waals surface area contributed by atoms with Crippen LogP contribution in [0.2, 0.25) is 0 Å². The SMILES string of the molecule is CC(C)=CCC[C@@H](C)[C@@H]1CC=C2CO[C@@H]3C=C(C)[C@@H]([C@@H]1O)[C@H]23. The minimum absolute atomic E-state index is 0.214. The fourth-order valence-electron chi connectivity index (χ4n) is 4.63. The van der Waals surface area contributed by atoms with E-state index in [1.54, 1.807) is 0 Å². The van der Waals surface area contributed by atoms with E-state index < -0.39 is 0 Å². The largest absolute Gasteiger partial charge is 0.392 e. The molecule has 2 heteroatoms. The Bertz CT molecular complexity index is 510. The van der Waals surface area contributed by atoms with Crippen LogP contribution in [-0.4, -0.2) is 23.9 Å². The van der Waals surface area contributed by atoms with E-state index in [0.717, 1.165) is 25.9 Å². The molecule has 122 valence electrons. The van der Waals surface area contributed by atoms with Crippen LogP contribution in [0.5, 0.6) is 0 Å². The molecule has 0 bridgehead atoms. The van der Waals surface area contributed by atoms with Crippen LogP contribution in [0.25, 0.3) is 0 Å². The lowest BCUT2D eigenvalue weighted by Crippen LogP contribution is -2.36. The Morgan fingerprint density at radius 1 is 1.41 bits per heavy atom. The van der Waals surface area contributed by atoms with Gasteiger partial charge in [-0.25, -0.2) is 0 Å². The van der Waals surface area contributed by atoms with E-state index in [1.165, 1.54) is 16.7 Å². The topological polar surface area (TPSA) is 29.5 Å². The van der Waals surface area contributed by atoms with E-state index >= 15 is 0 Å². The summed E-state index contributed by atoms with van der Waals surface area (Å²) >= 11 is 0. The van der Waals surface area contributed by atoms with Gasteiger partial charge in [-0.3, -0.25) is 0 Å². The number of hydrogen-bond donors (Lipinski definition) is 1. The third-order valence-electron chi connectivity index (χ3n) is 5.93. The first-order valence-corrected chi connectivity index (χ1v) is 8.79. The van der Waals surface area contributed by atoms with E-state index in [-0.39, 0.29) is 18.1 Å². The van der Waals surface area contributed by atoms with Gasteiger partial charge < -0.3 is 9.84 Å². The normalized spacial score (nSPS) is 38.0. The quantitative estimate of drug-likeness (QED) is 0.786. The van der Waals surface area contributed by atoms with Gasteiger partial charge >= 0.3 is 0 Å². The number of ether oxygens (including phenoxy) is 1. The van der Waals surface area contributed by atoms with Crippen molar-refractivity contribution in [2.24, 2.45) is 23.7 Å². The molecule has 0 saturated carbocycles. The first-order chi connectivity index (χ1) is 10.5. The summed E-state index contributed by atoms with van der Waals surface area (Å²) in [4.78, 5) is 0. The zero-order valence-corrected chi connectivity index (χ0v) is 14.4. The highest BCUT2D eigenvalue weighted by Crippen LogP contribution is 2.49. The average Bonchev–Trinajstić information content (AvgIpc) is 2.91. The van der Waals surface area contributed by atoms with Gasteiger partial charge in [0.1, 0.15) is 0 Å². The fourth-order valence-corrected chi connectivity index (χ4v) is 4.63. The summed E-state index contributed by atoms with van der Waals surface area (Å²) in [6, 6.07) is 0. The maximum absolute atomic E-state index is 11.1. The predicted molar refractivity (Wildman–Crippen MR) is 90.5 cm³/mol. The van der Waals surface area contributed by atoms with E-state index in [0.29, 0.717) is 17.8 Å². The second-order valence-corrected chi connectivity index (χ2v) is 7.74. The van der Waals surface area contributed by atoms with Crippen molar-refractivity contribution in [1.82, 2.24) is 0 Å². The number of hydrogen-bond acceptors (Lipinski definition) is 2. The minimum Gasteiger partial charge on any atom is -0.392 e. The molecule has 0 spiro atoms. The van der Waals surface area contributed by atoms with Gasteiger partial charge in [-0.1, -0.05) is 36.3 Å². The molecular formula is C20H30O2. The summed E-state index contributed by atoms with van der Waals surface area (Å²) in [6.45, 7) is 9.56. The molecule has 1 aliphatic heterocycles. The molecule has 6 atom stereocenters. The van der Waals surface area contributed by atoms with Gasteiger partial charge in [0.15, 0.2) is 0 Å². The Morgan fingerprint density at radius 2 is 2.18 bits per heavy atom. The number of allylic oxidation sites excluding steroid dienone is 3. The van der Waals surface area contributed by atoms with Gasteiger partial charge in [0.2, 0.25) is 0 Å². The summed E-state index contributed by atoms with van der Waals surface area (Å²) in [6.07, 6.45) is 10.2. The smallest absolute Gasteiger partial charge is 0.0835 e. The van der Waals surface area contributed by atoms with Crippen molar-refractivity contribution in [3.63, 3.8) is 0 Å². The fraction of sp³-hybridized carbons (Fsp3) is 0.700. The molecule has 2 aliphatic carbocycles. The third-order valence-corrected chi connectivity index (χ3v) is 5.93. The summed E-state index contributed by atoms with van der Waals surface area (Å²) in [5.74, 6) is 1.60. The van der Waals surface area contributed by atoms with Crippen LogP contribution < -0.4 is 0 Å². The van der Waals surface area contributed by atoms with E-state index in [9.17, 15) is 5.11 Å². The lowest BCUT2D eigenvalue weighted by molar-refractivity contribution is 0.0197. The van der Waals surface area contributed by atoms with Gasteiger partial charge in [0, 0.05) is 11.8 Å². The number of rotatable bonds is 4. The maximum Gasteiger partial charge on any atom is 0.0835 e. The van der Waals surface area contributed by atoms with Crippen molar-refractivity contribution < 1.29 is 9.84 Å². The summed E-state index contributed by atoms with van der Waals surface area (Å²) in [5, 5.41) is 11.1. The summed E-state index contributed by atoms with van der Waals surface area (Å²) in [5.41, 5.74) is 4.15. The number of aliphatic hydroxyl groups excluding tert-OH is 1. The van der Waals surface area contributed by atoms with Crippen LogP contribution >= 0.6 is 0 Å². The Balaban J connectivity index is 1.75. The van der Waals surface area contributed by atoms with Crippen molar-refractivity contribution in [1.29, 1.82) is 0 Å². The van der Waals surface area contributed by atoms with E-state index in [2.05, 4.69) is 45.9 Å².